The highest BCUT2D eigenvalue weighted by molar-refractivity contribution is 6.16. The monoisotopic (exact) mass is 350 g/mol. The van der Waals surface area contributed by atoms with Crippen molar-refractivity contribution >= 4 is 32.6 Å². The Balaban J connectivity index is 2.28. The van der Waals surface area contributed by atoms with E-state index in [0.29, 0.717) is 33.6 Å². The number of aromatic nitrogens is 2. The molecule has 132 valence electrons. The molecule has 0 saturated heterocycles. The summed E-state index contributed by atoms with van der Waals surface area (Å²) in [5.74, 6) is 0.423. The van der Waals surface area contributed by atoms with E-state index in [1.165, 1.54) is 0 Å². The number of methoxy groups -OCH3 is 1. The Morgan fingerprint density at radius 3 is 2.19 bits per heavy atom. The van der Waals surface area contributed by atoms with Crippen molar-refractivity contribution in [3.63, 3.8) is 0 Å². The van der Waals surface area contributed by atoms with E-state index in [2.05, 4.69) is 9.97 Å². The van der Waals surface area contributed by atoms with E-state index >= 15 is 0 Å². The lowest BCUT2D eigenvalue weighted by Crippen LogP contribution is -2.01. The van der Waals surface area contributed by atoms with Gasteiger partial charge in [0.2, 0.25) is 5.88 Å². The molecule has 6 nitrogen and oxygen atoms in total. The van der Waals surface area contributed by atoms with E-state index in [0.717, 1.165) is 21.7 Å². The molecule has 26 heavy (non-hydrogen) atoms. The third-order valence-corrected chi connectivity index (χ3v) is 4.68. The largest absolute Gasteiger partial charge is 0.481 e. The van der Waals surface area contributed by atoms with Gasteiger partial charge in [0.15, 0.2) is 0 Å². The average Bonchev–Trinajstić information content (AvgIpc) is 2.70. The quantitative estimate of drug-likeness (QED) is 0.489. The van der Waals surface area contributed by atoms with Gasteiger partial charge in [-0.2, -0.15) is 0 Å². The van der Waals surface area contributed by atoms with Gasteiger partial charge in [0.1, 0.15) is 0 Å². The second kappa shape index (κ2) is 6.49. The Labute approximate surface area is 149 Å². The molecule has 0 aliphatic heterocycles. The van der Waals surface area contributed by atoms with Crippen LogP contribution >= 0.6 is 0 Å². The van der Waals surface area contributed by atoms with Crippen LogP contribution < -0.4 is 4.74 Å². The van der Waals surface area contributed by atoms with Crippen molar-refractivity contribution in [1.82, 2.24) is 9.97 Å². The zero-order chi connectivity index (χ0) is 18.3. The van der Waals surface area contributed by atoms with Crippen molar-refractivity contribution in [1.29, 1.82) is 0 Å². The van der Waals surface area contributed by atoms with Gasteiger partial charge in [0, 0.05) is 16.2 Å². The van der Waals surface area contributed by atoms with Crippen molar-refractivity contribution in [2.45, 2.75) is 19.8 Å². The molecule has 0 saturated carbocycles. The number of benzene rings is 2. The Kier molecular flexibility index (Phi) is 4.16. The number of hydrogen-bond acceptors (Lipinski definition) is 6. The first-order valence-corrected chi connectivity index (χ1v) is 8.25. The number of fused-ring (bicyclic) bond motifs is 5. The molecular formula is C20H18N2O4. The second-order valence-corrected chi connectivity index (χ2v) is 6.06. The summed E-state index contributed by atoms with van der Waals surface area (Å²) < 4.78 is 5.49. The van der Waals surface area contributed by atoms with Crippen molar-refractivity contribution in [2.24, 2.45) is 0 Å². The van der Waals surface area contributed by atoms with Crippen LogP contribution in [0.3, 0.4) is 0 Å². The van der Waals surface area contributed by atoms with E-state index in [-0.39, 0.29) is 19.8 Å². The fourth-order valence-electron chi connectivity index (χ4n) is 3.44. The second-order valence-electron chi connectivity index (χ2n) is 6.06. The minimum Gasteiger partial charge on any atom is -0.481 e. The number of aliphatic hydroxyl groups is 3. The first-order chi connectivity index (χ1) is 12.7. The molecular weight excluding hydrogens is 332 g/mol. The smallest absolute Gasteiger partial charge is 0.221 e. The summed E-state index contributed by atoms with van der Waals surface area (Å²) in [4.78, 5) is 9.25. The molecule has 0 fully saturated rings. The van der Waals surface area contributed by atoms with Crippen molar-refractivity contribution in [3.05, 3.63) is 53.2 Å². The molecule has 0 bridgehead atoms. The molecule has 2 aromatic heterocycles. The summed E-state index contributed by atoms with van der Waals surface area (Å²) in [5.41, 5.74) is 3.17. The fraction of sp³-hybridized carbons (Fsp3) is 0.200. The maximum absolute atomic E-state index is 9.90. The highest BCUT2D eigenvalue weighted by atomic mass is 16.5. The summed E-state index contributed by atoms with van der Waals surface area (Å²) in [6, 6.07) is 11.2. The van der Waals surface area contributed by atoms with E-state index < -0.39 is 0 Å². The van der Waals surface area contributed by atoms with Gasteiger partial charge in [0.05, 0.1) is 43.7 Å². The zero-order valence-corrected chi connectivity index (χ0v) is 14.2. The van der Waals surface area contributed by atoms with Gasteiger partial charge in [-0.25, -0.2) is 9.97 Å². The van der Waals surface area contributed by atoms with Crippen LogP contribution in [0.4, 0.5) is 0 Å². The van der Waals surface area contributed by atoms with E-state index in [1.54, 1.807) is 13.2 Å². The number of ether oxygens (including phenoxy) is 1. The molecule has 2 heterocycles. The Morgan fingerprint density at radius 2 is 1.54 bits per heavy atom. The summed E-state index contributed by atoms with van der Waals surface area (Å²) in [6.45, 7) is -0.635. The van der Waals surface area contributed by atoms with Crippen molar-refractivity contribution in [3.8, 4) is 5.88 Å². The molecule has 0 aliphatic carbocycles. The molecule has 0 unspecified atom stereocenters. The van der Waals surface area contributed by atoms with Crippen LogP contribution in [0.25, 0.3) is 32.6 Å². The van der Waals surface area contributed by atoms with Crippen LogP contribution in [0.15, 0.2) is 36.4 Å². The maximum Gasteiger partial charge on any atom is 0.221 e. The number of aliphatic hydroxyl groups excluding tert-OH is 3. The van der Waals surface area contributed by atoms with E-state index in [4.69, 9.17) is 4.74 Å². The van der Waals surface area contributed by atoms with Crippen LogP contribution in [-0.4, -0.2) is 32.4 Å². The van der Waals surface area contributed by atoms with Crippen molar-refractivity contribution < 1.29 is 20.1 Å². The third kappa shape index (κ3) is 2.39. The predicted molar refractivity (Wildman–Crippen MR) is 98.9 cm³/mol. The molecule has 0 amide bonds. The molecule has 0 spiro atoms. The lowest BCUT2D eigenvalue weighted by Gasteiger charge is -2.15. The fourth-order valence-corrected chi connectivity index (χ4v) is 3.44. The lowest BCUT2D eigenvalue weighted by molar-refractivity contribution is 0.260. The van der Waals surface area contributed by atoms with Crippen molar-refractivity contribution in [2.75, 3.05) is 7.11 Å². The van der Waals surface area contributed by atoms with Crippen LogP contribution in [0.1, 0.15) is 16.8 Å². The van der Waals surface area contributed by atoms with Crippen LogP contribution in [0.5, 0.6) is 5.88 Å². The maximum atomic E-state index is 9.90. The minimum absolute atomic E-state index is 0.199. The van der Waals surface area contributed by atoms with Crippen LogP contribution in [-0.2, 0) is 19.8 Å². The van der Waals surface area contributed by atoms with Gasteiger partial charge in [-0.3, -0.25) is 0 Å². The summed E-state index contributed by atoms with van der Waals surface area (Å²) in [7, 11) is 1.54. The predicted octanol–water partition coefficient (Wildman–Crippen LogP) is 2.42. The van der Waals surface area contributed by atoms with Crippen LogP contribution in [0.2, 0.25) is 0 Å². The molecule has 4 rings (SSSR count). The first kappa shape index (κ1) is 16.7. The number of nitrogens with zero attached hydrogens (tertiary/aromatic N) is 2. The van der Waals surface area contributed by atoms with Gasteiger partial charge in [-0.15, -0.1) is 0 Å². The number of pyridine rings is 2. The standard InChI is InChI=1S/C20H18N2O4/c1-26-20-15-7-12(9-24)11(8-23)6-14(15)18-17(10-25)21-16-5-3-2-4-13(16)19(18)22-20/h2-7,23-25H,8-10H2,1H3. The SMILES string of the molecule is COc1nc2c3ccccc3nc(CO)c2c2cc(CO)c(CO)cc12. The number of hydrogen-bond donors (Lipinski definition) is 3. The molecule has 0 radical (unpaired) electrons. The molecule has 0 atom stereocenters. The Bertz CT molecular complexity index is 1140. The van der Waals surface area contributed by atoms with Gasteiger partial charge in [0.25, 0.3) is 0 Å². The summed E-state index contributed by atoms with van der Waals surface area (Å²) >= 11 is 0. The topological polar surface area (TPSA) is 95.7 Å². The van der Waals surface area contributed by atoms with Gasteiger partial charge >= 0.3 is 0 Å². The molecule has 0 aliphatic rings. The minimum atomic E-state index is -0.235. The lowest BCUT2D eigenvalue weighted by atomic mass is 9.97. The molecule has 3 N–H and O–H groups in total. The first-order valence-electron chi connectivity index (χ1n) is 8.25. The van der Waals surface area contributed by atoms with Gasteiger partial charge < -0.3 is 20.1 Å². The summed E-state index contributed by atoms with van der Waals surface area (Å²) in [5, 5.41) is 32.2. The normalized spacial score (nSPS) is 11.5. The number of rotatable bonds is 4. The Hall–Kier alpha value is -2.80. The number of para-hydroxylation sites is 1. The molecule has 6 heteroatoms. The Morgan fingerprint density at radius 1 is 0.846 bits per heavy atom. The zero-order valence-electron chi connectivity index (χ0n) is 14.2. The average molecular weight is 350 g/mol. The third-order valence-electron chi connectivity index (χ3n) is 4.68. The highest BCUT2D eigenvalue weighted by Crippen LogP contribution is 2.37. The van der Waals surface area contributed by atoms with Gasteiger partial charge in [-0.1, -0.05) is 18.2 Å². The van der Waals surface area contributed by atoms with E-state index in [9.17, 15) is 15.3 Å². The van der Waals surface area contributed by atoms with E-state index in [1.807, 2.05) is 30.3 Å². The van der Waals surface area contributed by atoms with Gasteiger partial charge in [-0.05, 0) is 34.7 Å². The highest BCUT2D eigenvalue weighted by Gasteiger charge is 2.18. The molecule has 2 aromatic carbocycles. The molecule has 4 aromatic rings. The van der Waals surface area contributed by atoms with Crippen LogP contribution in [0, 0.1) is 0 Å². The summed E-state index contributed by atoms with van der Waals surface area (Å²) in [6.07, 6.45) is 0.